The molecule has 0 spiro atoms. The summed E-state index contributed by atoms with van der Waals surface area (Å²) in [6.45, 7) is 3.89. The number of rotatable bonds is 2. The lowest BCUT2D eigenvalue weighted by Gasteiger charge is -2.07. The van der Waals surface area contributed by atoms with Gasteiger partial charge in [-0.25, -0.2) is 14.8 Å². The monoisotopic (exact) mass is 239 g/mol. The van der Waals surface area contributed by atoms with Crippen molar-refractivity contribution in [2.45, 2.75) is 19.9 Å². The number of carboxylic acid groups (broad SMARTS) is 1. The Morgan fingerprint density at radius 2 is 2.19 bits per heavy atom. The first-order valence-corrected chi connectivity index (χ1v) is 5.14. The van der Waals surface area contributed by atoms with Gasteiger partial charge in [0.2, 0.25) is 0 Å². The lowest BCUT2D eigenvalue weighted by atomic mass is 10.2. The van der Waals surface area contributed by atoms with E-state index < -0.39 is 5.97 Å². The third-order valence-electron chi connectivity index (χ3n) is 2.35. The summed E-state index contributed by atoms with van der Waals surface area (Å²) in [4.78, 5) is 18.9. The molecule has 0 bridgehead atoms. The highest BCUT2D eigenvalue weighted by molar-refractivity contribution is 6.35. The highest BCUT2D eigenvalue weighted by Crippen LogP contribution is 2.27. The number of fused-ring (bicyclic) bond motifs is 1. The second-order valence-corrected chi connectivity index (χ2v) is 4.07. The van der Waals surface area contributed by atoms with Gasteiger partial charge in [-0.3, -0.25) is 0 Å². The van der Waals surface area contributed by atoms with Crippen molar-refractivity contribution < 1.29 is 9.90 Å². The van der Waals surface area contributed by atoms with Crippen LogP contribution in [0.1, 0.15) is 30.2 Å². The predicted molar refractivity (Wildman–Crippen MR) is 59.9 cm³/mol. The number of aromatic carboxylic acids is 1. The van der Waals surface area contributed by atoms with Crippen LogP contribution >= 0.6 is 11.6 Å². The van der Waals surface area contributed by atoms with Gasteiger partial charge in [0, 0.05) is 12.2 Å². The molecule has 2 rings (SSSR count). The van der Waals surface area contributed by atoms with Gasteiger partial charge in [0.05, 0.1) is 10.9 Å². The van der Waals surface area contributed by atoms with Gasteiger partial charge < -0.3 is 9.67 Å². The minimum absolute atomic E-state index is 0.113. The fraction of sp³-hybridized carbons (Fsp3) is 0.300. The summed E-state index contributed by atoms with van der Waals surface area (Å²) in [7, 11) is 0. The van der Waals surface area contributed by atoms with E-state index in [4.69, 9.17) is 16.7 Å². The third kappa shape index (κ3) is 1.53. The number of carboxylic acids is 1. The summed E-state index contributed by atoms with van der Waals surface area (Å²) in [6.07, 6.45) is 2.87. The van der Waals surface area contributed by atoms with Crippen molar-refractivity contribution in [1.29, 1.82) is 0 Å². The summed E-state index contributed by atoms with van der Waals surface area (Å²) in [5.74, 6) is -1.03. The highest BCUT2D eigenvalue weighted by Gasteiger charge is 2.19. The first kappa shape index (κ1) is 10.9. The Labute approximate surface area is 96.7 Å². The molecule has 0 aromatic carbocycles. The highest BCUT2D eigenvalue weighted by atomic mass is 35.5. The molecule has 0 aliphatic carbocycles. The van der Waals surface area contributed by atoms with Crippen molar-refractivity contribution in [3.8, 4) is 0 Å². The molecule has 0 aliphatic rings. The van der Waals surface area contributed by atoms with E-state index in [9.17, 15) is 4.79 Å². The number of hydrogen-bond donors (Lipinski definition) is 1. The normalized spacial score (nSPS) is 11.2. The molecule has 84 valence electrons. The zero-order valence-electron chi connectivity index (χ0n) is 8.81. The molecule has 5 nitrogen and oxygen atoms in total. The average molecular weight is 240 g/mol. The van der Waals surface area contributed by atoms with Crippen LogP contribution in [0.4, 0.5) is 0 Å². The van der Waals surface area contributed by atoms with E-state index in [2.05, 4.69) is 9.97 Å². The predicted octanol–water partition coefficient (Wildman–Crippen LogP) is 2.36. The van der Waals surface area contributed by atoms with Gasteiger partial charge in [0.1, 0.15) is 17.1 Å². The summed E-state index contributed by atoms with van der Waals surface area (Å²) < 4.78 is 1.77. The average Bonchev–Trinajstić information content (AvgIpc) is 2.58. The van der Waals surface area contributed by atoms with E-state index >= 15 is 0 Å². The van der Waals surface area contributed by atoms with E-state index in [1.54, 1.807) is 4.57 Å². The topological polar surface area (TPSA) is 68.0 Å². The van der Waals surface area contributed by atoms with Crippen molar-refractivity contribution >= 4 is 28.6 Å². The van der Waals surface area contributed by atoms with Crippen LogP contribution in [0.25, 0.3) is 11.0 Å². The third-order valence-corrected chi connectivity index (χ3v) is 2.64. The van der Waals surface area contributed by atoms with Gasteiger partial charge in [-0.15, -0.1) is 0 Å². The number of hydrogen-bond acceptors (Lipinski definition) is 3. The minimum atomic E-state index is -1.03. The zero-order valence-corrected chi connectivity index (χ0v) is 9.56. The molecule has 2 heterocycles. The number of carbonyl (C=O) groups is 1. The zero-order chi connectivity index (χ0) is 11.9. The van der Waals surface area contributed by atoms with E-state index in [-0.39, 0.29) is 16.8 Å². The van der Waals surface area contributed by atoms with Crippen molar-refractivity contribution in [2.75, 3.05) is 0 Å². The van der Waals surface area contributed by atoms with Crippen molar-refractivity contribution in [2.24, 2.45) is 0 Å². The van der Waals surface area contributed by atoms with Gasteiger partial charge in [-0.2, -0.15) is 0 Å². The van der Waals surface area contributed by atoms with E-state index in [0.29, 0.717) is 11.0 Å². The minimum Gasteiger partial charge on any atom is -0.478 e. The van der Waals surface area contributed by atoms with Gasteiger partial charge in [-0.05, 0) is 13.8 Å². The van der Waals surface area contributed by atoms with Crippen LogP contribution in [-0.4, -0.2) is 25.6 Å². The molecule has 2 aromatic rings. The second-order valence-electron chi connectivity index (χ2n) is 3.71. The van der Waals surface area contributed by atoms with Crippen LogP contribution in [0.3, 0.4) is 0 Å². The maximum Gasteiger partial charge on any atom is 0.338 e. The molecule has 0 amide bonds. The number of halogens is 1. The van der Waals surface area contributed by atoms with E-state index in [1.165, 1.54) is 12.5 Å². The Hall–Kier alpha value is -1.62. The van der Waals surface area contributed by atoms with Crippen LogP contribution in [0.5, 0.6) is 0 Å². The first-order chi connectivity index (χ1) is 7.52. The van der Waals surface area contributed by atoms with Crippen molar-refractivity contribution in [3.05, 3.63) is 23.2 Å². The first-order valence-electron chi connectivity index (χ1n) is 4.76. The molecule has 0 unspecified atom stereocenters. The van der Waals surface area contributed by atoms with Gasteiger partial charge >= 0.3 is 5.97 Å². The Morgan fingerprint density at radius 3 is 2.75 bits per heavy atom. The fourth-order valence-corrected chi connectivity index (χ4v) is 1.83. The maximum atomic E-state index is 11.1. The molecule has 0 saturated carbocycles. The molecule has 2 aromatic heterocycles. The van der Waals surface area contributed by atoms with Gasteiger partial charge in [0.15, 0.2) is 0 Å². The molecule has 0 aliphatic heterocycles. The van der Waals surface area contributed by atoms with Crippen LogP contribution in [0.15, 0.2) is 12.5 Å². The van der Waals surface area contributed by atoms with Crippen LogP contribution in [-0.2, 0) is 0 Å². The Balaban J connectivity index is 2.87. The van der Waals surface area contributed by atoms with E-state index in [0.717, 1.165) is 0 Å². The lowest BCUT2D eigenvalue weighted by Crippen LogP contribution is -2.00. The molecule has 6 heteroatoms. The molecule has 0 fully saturated rings. The summed E-state index contributed by atoms with van der Waals surface area (Å²) in [5, 5.41) is 9.64. The summed E-state index contributed by atoms with van der Waals surface area (Å²) >= 11 is 5.90. The van der Waals surface area contributed by atoms with Crippen LogP contribution in [0.2, 0.25) is 5.15 Å². The van der Waals surface area contributed by atoms with Gasteiger partial charge in [0.25, 0.3) is 0 Å². The largest absolute Gasteiger partial charge is 0.478 e. The molecule has 0 radical (unpaired) electrons. The molecule has 0 saturated heterocycles. The van der Waals surface area contributed by atoms with E-state index in [1.807, 2.05) is 13.8 Å². The standard InChI is InChI=1S/C10H10ClN3O2/c1-5(2)14-3-6(10(15)16)7-8(11)12-4-13-9(7)14/h3-5H,1-2H3,(H,15,16). The second kappa shape index (κ2) is 3.75. The summed E-state index contributed by atoms with van der Waals surface area (Å²) in [6, 6.07) is 0.113. The molecule has 1 N–H and O–H groups in total. The Bertz CT molecular complexity index is 562. The maximum absolute atomic E-state index is 11.1. The smallest absolute Gasteiger partial charge is 0.338 e. The Kier molecular flexibility index (Phi) is 2.55. The van der Waals surface area contributed by atoms with Crippen molar-refractivity contribution in [1.82, 2.24) is 14.5 Å². The summed E-state index contributed by atoms with van der Waals surface area (Å²) in [5.41, 5.74) is 0.682. The fourth-order valence-electron chi connectivity index (χ4n) is 1.60. The number of nitrogens with zero attached hydrogens (tertiary/aromatic N) is 3. The molecular formula is C10H10ClN3O2. The molecular weight excluding hydrogens is 230 g/mol. The SMILES string of the molecule is CC(C)n1cc(C(=O)O)c2c(Cl)ncnc21. The molecule has 0 atom stereocenters. The van der Waals surface area contributed by atoms with Crippen LogP contribution < -0.4 is 0 Å². The Morgan fingerprint density at radius 1 is 1.50 bits per heavy atom. The lowest BCUT2D eigenvalue weighted by molar-refractivity contribution is 0.0698. The quantitative estimate of drug-likeness (QED) is 0.817. The molecule has 16 heavy (non-hydrogen) atoms. The number of aromatic nitrogens is 3. The van der Waals surface area contributed by atoms with Crippen molar-refractivity contribution in [3.63, 3.8) is 0 Å². The van der Waals surface area contributed by atoms with Gasteiger partial charge in [-0.1, -0.05) is 11.6 Å². The van der Waals surface area contributed by atoms with Crippen LogP contribution in [0, 0.1) is 0 Å².